The number of aromatic nitrogens is 1. The van der Waals surface area contributed by atoms with Gasteiger partial charge in [0.1, 0.15) is 29.9 Å². The second-order valence-electron chi connectivity index (χ2n) is 8.00. The van der Waals surface area contributed by atoms with Crippen LogP contribution in [0.3, 0.4) is 0 Å². The predicted octanol–water partition coefficient (Wildman–Crippen LogP) is 5.30. The van der Waals surface area contributed by atoms with E-state index in [9.17, 15) is 23.1 Å². The van der Waals surface area contributed by atoms with E-state index in [-0.39, 0.29) is 12.5 Å². The number of carbonyl (C=O) groups is 1. The normalized spacial score (nSPS) is 16.8. The number of ether oxygens (including phenoxy) is 1. The van der Waals surface area contributed by atoms with Crippen LogP contribution >= 0.6 is 0 Å². The minimum atomic E-state index is -4.40. The van der Waals surface area contributed by atoms with E-state index >= 15 is 0 Å². The number of carboxylic acid groups (broad SMARTS) is 1. The van der Waals surface area contributed by atoms with Crippen molar-refractivity contribution in [2.75, 3.05) is 6.54 Å². The second-order valence-corrected chi connectivity index (χ2v) is 8.00. The summed E-state index contributed by atoms with van der Waals surface area (Å²) in [6, 6.07) is 11.6. The Hall–Kier alpha value is -3.33. The summed E-state index contributed by atoms with van der Waals surface area (Å²) < 4.78 is 49.8. The summed E-state index contributed by atoms with van der Waals surface area (Å²) in [5.41, 5.74) is 1.20. The summed E-state index contributed by atoms with van der Waals surface area (Å²) in [6.07, 6.45) is -2.89. The number of hydrogen-bond acceptors (Lipinski definition) is 5. The molecule has 3 aromatic rings. The maximum absolute atomic E-state index is 12.8. The lowest BCUT2D eigenvalue weighted by molar-refractivity contribution is -0.142. The van der Waals surface area contributed by atoms with Gasteiger partial charge in [-0.05, 0) is 68.3 Å². The zero-order valence-corrected chi connectivity index (χ0v) is 17.9. The average molecular weight is 460 g/mol. The van der Waals surface area contributed by atoms with Crippen molar-refractivity contribution in [3.63, 3.8) is 0 Å². The van der Waals surface area contributed by atoms with Gasteiger partial charge in [-0.3, -0.25) is 9.69 Å². The third kappa shape index (κ3) is 5.36. The van der Waals surface area contributed by atoms with Crippen LogP contribution in [0.5, 0.6) is 5.75 Å². The van der Waals surface area contributed by atoms with Crippen LogP contribution in [0.4, 0.5) is 13.2 Å². The van der Waals surface area contributed by atoms with E-state index in [1.165, 1.54) is 12.1 Å². The highest BCUT2D eigenvalue weighted by molar-refractivity contribution is 5.73. The molecule has 9 heteroatoms. The molecule has 4 rings (SSSR count). The number of carboxylic acids is 1. The predicted molar refractivity (Wildman–Crippen MR) is 114 cm³/mol. The monoisotopic (exact) mass is 460 g/mol. The van der Waals surface area contributed by atoms with Crippen molar-refractivity contribution in [3.05, 3.63) is 71.1 Å². The number of nitrogens with zero attached hydrogens (tertiary/aromatic N) is 2. The van der Waals surface area contributed by atoms with Gasteiger partial charge in [0.05, 0.1) is 5.56 Å². The zero-order chi connectivity index (χ0) is 23.6. The van der Waals surface area contributed by atoms with E-state index in [1.54, 1.807) is 13.0 Å². The Balaban J connectivity index is 1.41. The number of likely N-dealkylation sites (tertiary alicyclic amines) is 1. The van der Waals surface area contributed by atoms with Crippen molar-refractivity contribution in [1.29, 1.82) is 0 Å². The molecule has 2 aromatic carbocycles. The molecule has 1 N–H and O–H groups in total. The van der Waals surface area contributed by atoms with Gasteiger partial charge in [0.15, 0.2) is 0 Å². The number of alkyl halides is 3. The van der Waals surface area contributed by atoms with Crippen molar-refractivity contribution in [1.82, 2.24) is 9.88 Å². The van der Waals surface area contributed by atoms with Crippen LogP contribution in [0.25, 0.3) is 11.5 Å². The Labute approximate surface area is 188 Å². The van der Waals surface area contributed by atoms with Gasteiger partial charge in [-0.15, -0.1) is 0 Å². The molecule has 174 valence electrons. The molecule has 1 saturated heterocycles. The highest BCUT2D eigenvalue weighted by Gasteiger charge is 2.31. The van der Waals surface area contributed by atoms with Crippen LogP contribution in [0.15, 0.2) is 52.9 Å². The van der Waals surface area contributed by atoms with Gasteiger partial charge in [0, 0.05) is 12.1 Å². The van der Waals surface area contributed by atoms with Gasteiger partial charge in [0.2, 0.25) is 5.89 Å². The summed E-state index contributed by atoms with van der Waals surface area (Å²) in [5.74, 6) is 0.548. The largest absolute Gasteiger partial charge is 0.487 e. The number of halogens is 3. The van der Waals surface area contributed by atoms with Crippen LogP contribution < -0.4 is 4.74 Å². The minimum absolute atomic E-state index is 0.126. The Kier molecular flexibility index (Phi) is 6.42. The highest BCUT2D eigenvalue weighted by Crippen LogP contribution is 2.31. The number of aliphatic carboxylic acids is 1. The van der Waals surface area contributed by atoms with Crippen molar-refractivity contribution in [3.8, 4) is 17.2 Å². The van der Waals surface area contributed by atoms with Gasteiger partial charge in [-0.2, -0.15) is 13.2 Å². The van der Waals surface area contributed by atoms with E-state index in [2.05, 4.69) is 4.98 Å². The fourth-order valence-electron chi connectivity index (χ4n) is 3.90. The molecule has 1 aliphatic rings. The van der Waals surface area contributed by atoms with Crippen molar-refractivity contribution >= 4 is 5.97 Å². The third-order valence-corrected chi connectivity index (χ3v) is 5.66. The topological polar surface area (TPSA) is 75.8 Å². The quantitative estimate of drug-likeness (QED) is 0.516. The number of rotatable bonds is 7. The molecule has 1 fully saturated rings. The molecule has 0 aliphatic carbocycles. The Morgan fingerprint density at radius 2 is 2.00 bits per heavy atom. The molecular weight excluding hydrogens is 437 g/mol. The van der Waals surface area contributed by atoms with E-state index in [1.807, 2.05) is 23.1 Å². The maximum atomic E-state index is 12.8. The van der Waals surface area contributed by atoms with Crippen LogP contribution in [0, 0.1) is 6.92 Å². The van der Waals surface area contributed by atoms with Crippen molar-refractivity contribution in [2.24, 2.45) is 0 Å². The molecular formula is C24H23F3N2O4. The molecule has 1 aliphatic heterocycles. The van der Waals surface area contributed by atoms with Crippen LogP contribution in [0.2, 0.25) is 0 Å². The molecule has 0 saturated carbocycles. The molecule has 1 unspecified atom stereocenters. The molecule has 2 heterocycles. The summed E-state index contributed by atoms with van der Waals surface area (Å²) in [6.45, 7) is 3.11. The van der Waals surface area contributed by atoms with E-state index in [0.717, 1.165) is 30.7 Å². The number of hydrogen-bond donors (Lipinski definition) is 1. The molecule has 0 amide bonds. The molecule has 33 heavy (non-hydrogen) atoms. The van der Waals surface area contributed by atoms with Crippen LogP contribution in [-0.4, -0.2) is 33.5 Å². The van der Waals surface area contributed by atoms with Crippen molar-refractivity contribution < 1.29 is 32.2 Å². The first-order valence-corrected chi connectivity index (χ1v) is 10.5. The number of oxazole rings is 1. The SMILES string of the molecule is Cc1oc(-c2ccc(C(F)(F)F)cc2)nc1COc1cccc(CN2CCCC2C(=O)O)c1. The lowest BCUT2D eigenvalue weighted by Crippen LogP contribution is -2.35. The van der Waals surface area contributed by atoms with Gasteiger partial charge >= 0.3 is 12.1 Å². The van der Waals surface area contributed by atoms with E-state index < -0.39 is 23.8 Å². The highest BCUT2D eigenvalue weighted by atomic mass is 19.4. The first-order valence-electron chi connectivity index (χ1n) is 10.5. The summed E-state index contributed by atoms with van der Waals surface area (Å²) in [7, 11) is 0. The summed E-state index contributed by atoms with van der Waals surface area (Å²) in [4.78, 5) is 17.7. The standard InChI is InChI=1S/C24H23F3N2O4/c1-15-20(28-22(33-15)17-7-9-18(10-8-17)24(25,26)27)14-32-19-5-2-4-16(12-19)13-29-11-3-6-21(29)23(30)31/h2,4-5,7-10,12,21H,3,6,11,13-14H2,1H3,(H,30,31). The van der Waals surface area contributed by atoms with E-state index in [4.69, 9.17) is 9.15 Å². The number of aryl methyl sites for hydroxylation is 1. The molecule has 1 atom stereocenters. The average Bonchev–Trinajstić information content (AvgIpc) is 3.38. The number of benzene rings is 2. The second kappa shape index (κ2) is 9.27. The maximum Gasteiger partial charge on any atom is 0.416 e. The van der Waals surface area contributed by atoms with Gasteiger partial charge in [-0.1, -0.05) is 12.1 Å². The van der Waals surface area contributed by atoms with E-state index in [0.29, 0.717) is 35.7 Å². The molecule has 0 spiro atoms. The lowest BCUT2D eigenvalue weighted by atomic mass is 10.1. The van der Waals surface area contributed by atoms with Gasteiger partial charge in [0.25, 0.3) is 0 Å². The summed E-state index contributed by atoms with van der Waals surface area (Å²) >= 11 is 0. The Morgan fingerprint density at radius 3 is 2.70 bits per heavy atom. The minimum Gasteiger partial charge on any atom is -0.487 e. The Morgan fingerprint density at radius 1 is 1.24 bits per heavy atom. The molecule has 0 bridgehead atoms. The van der Waals surface area contributed by atoms with Crippen LogP contribution in [0.1, 0.15) is 35.4 Å². The Bertz CT molecular complexity index is 1130. The fourth-order valence-corrected chi connectivity index (χ4v) is 3.90. The lowest BCUT2D eigenvalue weighted by Gasteiger charge is -2.21. The first-order chi connectivity index (χ1) is 15.7. The van der Waals surface area contributed by atoms with Gasteiger partial charge in [-0.25, -0.2) is 4.98 Å². The van der Waals surface area contributed by atoms with Gasteiger partial charge < -0.3 is 14.3 Å². The molecule has 6 nitrogen and oxygen atoms in total. The first kappa shape index (κ1) is 22.8. The smallest absolute Gasteiger partial charge is 0.416 e. The summed E-state index contributed by atoms with van der Waals surface area (Å²) in [5, 5.41) is 9.35. The fraction of sp³-hybridized carbons (Fsp3) is 0.333. The zero-order valence-electron chi connectivity index (χ0n) is 17.9. The molecule has 0 radical (unpaired) electrons. The van der Waals surface area contributed by atoms with Crippen LogP contribution in [-0.2, 0) is 24.1 Å². The molecule has 1 aromatic heterocycles. The van der Waals surface area contributed by atoms with Crippen molar-refractivity contribution in [2.45, 2.75) is 45.1 Å². The third-order valence-electron chi connectivity index (χ3n) is 5.66.